The summed E-state index contributed by atoms with van der Waals surface area (Å²) in [6.07, 6.45) is 20.2. The number of carboxylic acid groups (broad SMARTS) is 1. The zero-order valence-corrected chi connectivity index (χ0v) is 76.2. The number of rotatable bonds is 13. The number of aromatic carboxylic acids is 1. The first-order chi connectivity index (χ1) is 57.6. The number of carbonyl (C=O) groups excluding carboxylic acids is 2. The number of aldehydes is 1. The number of benzene rings is 7. The van der Waals surface area contributed by atoms with Crippen LogP contribution in [-0.4, -0.2) is 162 Å². The van der Waals surface area contributed by atoms with Crippen LogP contribution < -0.4 is 26.8 Å². The van der Waals surface area contributed by atoms with E-state index in [0.717, 1.165) is 33.4 Å². The van der Waals surface area contributed by atoms with Crippen molar-refractivity contribution in [1.82, 2.24) is 64.9 Å². The van der Waals surface area contributed by atoms with Crippen LogP contribution in [0.1, 0.15) is 95.7 Å². The van der Waals surface area contributed by atoms with Crippen LogP contribution in [0.2, 0.25) is 35.3 Å². The average Bonchev–Trinajstić information content (AvgIpc) is 0.432. The Morgan fingerprint density at radius 1 is 0.504 bits per heavy atom. The third-order valence-corrected chi connectivity index (χ3v) is 18.7. The van der Waals surface area contributed by atoms with E-state index in [1.54, 1.807) is 152 Å². The fraction of sp³-hybridized carbons (Fsp3) is 0.120. The number of hydroxylamine groups is 2. The van der Waals surface area contributed by atoms with Gasteiger partial charge >= 0.3 is 36.7 Å². The molecule has 7 aromatic carbocycles. The average molecular weight is 1920 g/mol. The van der Waals surface area contributed by atoms with Crippen molar-refractivity contribution in [2.24, 2.45) is 9.54 Å². The summed E-state index contributed by atoms with van der Waals surface area (Å²) in [6, 6.07) is 49.0. The molecule has 0 aliphatic carbocycles. The van der Waals surface area contributed by atoms with Gasteiger partial charge in [-0.25, -0.2) is 57.0 Å². The number of halogens is 10. The van der Waals surface area contributed by atoms with Gasteiger partial charge in [-0.2, -0.15) is 27.4 Å². The molecule has 1 radical (unpaired) electrons. The normalized spacial score (nSPS) is 10.6. The predicted octanol–water partition coefficient (Wildman–Crippen LogP) is 15.3. The maximum absolute atomic E-state index is 12.1. The Morgan fingerprint density at radius 2 is 0.821 bits per heavy atom. The van der Waals surface area contributed by atoms with Crippen LogP contribution in [0.25, 0.3) is 56.3 Å². The molecule has 629 valence electrons. The van der Waals surface area contributed by atoms with E-state index < -0.39 is 44.3 Å². The third-order valence-electron chi connectivity index (χ3n) is 14.4. The van der Waals surface area contributed by atoms with Crippen LogP contribution in [0.4, 0.5) is 8.78 Å². The summed E-state index contributed by atoms with van der Waals surface area (Å²) in [7, 11) is 1.05. The number of hydrogen-bond donors (Lipinski definition) is 3. The van der Waals surface area contributed by atoms with Crippen LogP contribution in [-0.2, 0) is 26.8 Å². The zero-order chi connectivity index (χ0) is 89.2. The van der Waals surface area contributed by atoms with E-state index in [2.05, 4.69) is 75.8 Å². The molecule has 0 aliphatic heterocycles. The second kappa shape index (κ2) is 55.5. The summed E-state index contributed by atoms with van der Waals surface area (Å²) in [4.78, 5) is 86.7. The molecule has 2 unspecified atom stereocenters. The number of nitrogens with zero attached hydrogens (tertiary/aromatic N) is 16. The summed E-state index contributed by atoms with van der Waals surface area (Å²) in [5, 5.41) is 44.4. The molecule has 6 aromatic heterocycles. The smallest absolute Gasteiger partial charge is 1.00 e. The summed E-state index contributed by atoms with van der Waals surface area (Å²) in [6.45, 7) is 14.5. The van der Waals surface area contributed by atoms with Crippen molar-refractivity contribution in [1.29, 1.82) is 10.5 Å². The number of amides is 1. The summed E-state index contributed by atoms with van der Waals surface area (Å²) in [5.41, 5.74) is 8.58. The summed E-state index contributed by atoms with van der Waals surface area (Å²) >= 11 is 40.0. The minimum atomic E-state index is -1.33. The summed E-state index contributed by atoms with van der Waals surface area (Å²) < 4.78 is 54.7. The van der Waals surface area contributed by atoms with Crippen LogP contribution in [0.3, 0.4) is 0 Å². The Balaban J connectivity index is 0.000000363. The molecular formula is C83H71BBrCl7F2MgN17O9S2. The fourth-order valence-corrected chi connectivity index (χ4v) is 9.89. The van der Waals surface area contributed by atoms with Crippen LogP contribution in [0, 0.1) is 41.2 Å². The van der Waals surface area contributed by atoms with Crippen molar-refractivity contribution in [2.45, 2.75) is 51.0 Å². The number of carboxylic acids is 1. The molecule has 123 heavy (non-hydrogen) atoms. The van der Waals surface area contributed by atoms with Gasteiger partial charge in [-0.3, -0.25) is 49.5 Å². The van der Waals surface area contributed by atoms with Crippen molar-refractivity contribution in [3.63, 3.8) is 0 Å². The van der Waals surface area contributed by atoms with Crippen molar-refractivity contribution >= 4 is 158 Å². The molecule has 0 aliphatic rings. The second-order valence-corrected chi connectivity index (χ2v) is 31.9. The van der Waals surface area contributed by atoms with Gasteiger partial charge in [-0.15, -0.1) is 12.1 Å². The maximum atomic E-state index is 12.1. The number of nitrogens with two attached hydrogens (primary N) is 1. The fourth-order valence-electron chi connectivity index (χ4n) is 8.47. The second-order valence-electron chi connectivity index (χ2n) is 25.2. The third kappa shape index (κ3) is 37.9. The van der Waals surface area contributed by atoms with E-state index in [9.17, 15) is 31.6 Å². The van der Waals surface area contributed by atoms with E-state index in [1.807, 2.05) is 71.9 Å². The molecule has 0 saturated carbocycles. The minimum Gasteiger partial charge on any atom is -1.00 e. The van der Waals surface area contributed by atoms with Crippen molar-refractivity contribution in [3.8, 4) is 74.2 Å². The van der Waals surface area contributed by atoms with Crippen LogP contribution in [0.15, 0.2) is 243 Å². The van der Waals surface area contributed by atoms with Gasteiger partial charge in [-0.05, 0) is 133 Å². The van der Waals surface area contributed by atoms with E-state index in [4.69, 9.17) is 112 Å². The maximum Gasteiger partial charge on any atom is 2.00 e. The van der Waals surface area contributed by atoms with E-state index >= 15 is 0 Å². The minimum absolute atomic E-state index is 0. The van der Waals surface area contributed by atoms with E-state index in [1.165, 1.54) is 82.1 Å². The van der Waals surface area contributed by atoms with Crippen LogP contribution >= 0.6 is 81.2 Å². The largest absolute Gasteiger partial charge is 2.00 e. The van der Waals surface area contributed by atoms with Gasteiger partial charge in [-0.1, -0.05) is 142 Å². The topological polar surface area (TPSA) is 388 Å². The Morgan fingerprint density at radius 3 is 1.17 bits per heavy atom. The Bertz CT molecular complexity index is 5650. The van der Waals surface area contributed by atoms with Gasteiger partial charge in [0.25, 0.3) is 5.91 Å². The molecule has 2 atom stereocenters. The first-order valence-electron chi connectivity index (χ1n) is 34.5. The van der Waals surface area contributed by atoms with Gasteiger partial charge < -0.3 is 31.8 Å². The molecule has 4 N–H and O–H groups in total. The Hall–Kier alpha value is -10.7. The standard InChI is InChI=1S/C15H16ClN3OS.C13H12ClN3O2.C11H6ClN3.C11H7ClN2O2.C11H7ClN2O.C7H5F2.C6H5BClO2.C5H2ClN3.C4H11NOS.BrH.Mg/c1-15(2,3)21(20)19-10-13-14(18-9-8-17-13)11-4-6-12(16)7-5-11;1-17(19-2)13(18)12-11(15-7-8-16-12)9-3-5-10(14)6-4-9;12-9-3-1-8(2-4-9)11-10(7-13)14-5-6-15-11;12-8-3-1-7(2-4-8)9-10(11(15)16)14-6-5-13-9;12-9-3-1-8(2-4-9)11-10(7-15)13-5-6-14-11;1-5-2-6(8)4-7(9)3-5;8-5-1-3-6(4-2-5)10-7-9;6-5-4(3-7)8-1-2-9-5;1-4(2,3)7(5)6;;/h4-10H,1-3H3;3-8H,1-2H3;1-6H;1-6H,(H,15,16);1-7H;2-4H,1H2;1-4,9H;1-2H;5H2,1-3H3;1H;/q;;;;;-1;;;;;+2/p-1. The van der Waals surface area contributed by atoms with Crippen molar-refractivity contribution in [3.05, 3.63) is 332 Å². The molecular weight excluding hydrogens is 1840 g/mol. The number of hydrogen-bond acceptors (Lipinski definition) is 22. The Labute approximate surface area is 775 Å². The first-order valence-corrected chi connectivity index (χ1v) is 39.5. The molecule has 0 bridgehead atoms. The molecule has 40 heteroatoms. The zero-order valence-electron chi connectivity index (χ0n) is 66.2. The van der Waals surface area contributed by atoms with Crippen molar-refractivity contribution < 1.29 is 68.2 Å². The monoisotopic (exact) mass is 1910 g/mol. The number of aromatic nitrogens is 12. The quantitative estimate of drug-likeness (QED) is 0.0317. The molecule has 0 saturated heterocycles. The molecule has 13 aromatic rings. The van der Waals surface area contributed by atoms with Gasteiger partial charge in [0.1, 0.15) is 57.3 Å². The first kappa shape index (κ1) is 107. The van der Waals surface area contributed by atoms with Gasteiger partial charge in [0.2, 0.25) is 0 Å². The Kier molecular flexibility index (Phi) is 48.0. The van der Waals surface area contributed by atoms with Crippen LogP contribution in [0.5, 0.6) is 5.75 Å². The van der Waals surface area contributed by atoms with Gasteiger partial charge in [0.05, 0.1) is 56.8 Å². The van der Waals surface area contributed by atoms with Crippen molar-refractivity contribution in [2.75, 3.05) is 14.2 Å². The SMILES string of the molecule is CC(C)(C)S(=O)N=Cc1nccnc1-c1ccc(Cl)cc1.CC(C)(C)S(N)=O.CON(C)C(=O)c1nccnc1-c1ccc(Cl)cc1.N#Cc1nccnc1-c1ccc(Cl)cc1.N#Cc1nccnc1Cl.O=C(O)c1nccnc1-c1ccc(Cl)cc1.O=Cc1nccnc1-c1ccc(Cl)cc1.O[B]Oc1ccc(Cl)cc1.[Br-].[CH2-]c1cc(F)cc(F)c1.[Mg+2]. The predicted molar refractivity (Wildman–Crippen MR) is 475 cm³/mol. The van der Waals surface area contributed by atoms with E-state index in [-0.39, 0.29) is 72.9 Å². The molecule has 0 fully saturated rings. The molecule has 6 heterocycles. The number of carbonyl (C=O) groups is 3. The molecule has 0 spiro atoms. The summed E-state index contributed by atoms with van der Waals surface area (Å²) in [5.74, 6) is -2.06. The van der Waals surface area contributed by atoms with Gasteiger partial charge in [0.15, 0.2) is 34.2 Å². The van der Waals surface area contributed by atoms with E-state index in [0.29, 0.717) is 107 Å². The molecule has 13 rings (SSSR count). The van der Waals surface area contributed by atoms with Gasteiger partial charge in [0, 0.05) is 139 Å². The number of nitriles is 2. The molecule has 1 amide bonds. The molecule has 26 nitrogen and oxygen atoms in total.